The van der Waals surface area contributed by atoms with E-state index in [0.717, 1.165) is 12.1 Å². The highest BCUT2D eigenvalue weighted by atomic mass is 19.4. The quantitative estimate of drug-likeness (QED) is 0.482. The third kappa shape index (κ3) is 5.33. The Hall–Kier alpha value is -3.37. The van der Waals surface area contributed by atoms with Gasteiger partial charge in [-0.15, -0.1) is 5.10 Å². The third-order valence-corrected chi connectivity index (χ3v) is 5.89. The maximum Gasteiger partial charge on any atom is 0.416 e. The number of aromatic nitrogens is 3. The Bertz CT molecular complexity index is 1240. The minimum Gasteiger partial charge on any atom is -0.444 e. The number of ether oxygens (including phenoxy) is 1. The highest BCUT2D eigenvalue weighted by Gasteiger charge is 2.46. The number of carbonyl (C=O) groups excluding carboxylic acids is 1. The Balaban J connectivity index is 1.53. The summed E-state index contributed by atoms with van der Waals surface area (Å²) in [6.07, 6.45) is -3.47. The maximum atomic E-state index is 15.7. The van der Waals surface area contributed by atoms with Crippen LogP contribution in [0.4, 0.5) is 28.2 Å². The summed E-state index contributed by atoms with van der Waals surface area (Å²) in [7, 11) is 0. The zero-order valence-corrected chi connectivity index (χ0v) is 19.9. The van der Waals surface area contributed by atoms with Gasteiger partial charge in [-0.1, -0.05) is 12.1 Å². The van der Waals surface area contributed by atoms with Crippen molar-refractivity contribution in [3.8, 4) is 11.3 Å². The molecule has 0 radical (unpaired) electrons. The molecule has 1 saturated heterocycles. The van der Waals surface area contributed by atoms with Gasteiger partial charge >= 0.3 is 12.3 Å². The number of likely N-dealkylation sites (tertiary alicyclic amines) is 1. The third-order valence-electron chi connectivity index (χ3n) is 5.89. The molecule has 35 heavy (non-hydrogen) atoms. The van der Waals surface area contributed by atoms with Crippen LogP contribution in [-0.2, 0) is 10.9 Å². The van der Waals surface area contributed by atoms with Crippen LogP contribution in [-0.4, -0.2) is 56.0 Å². The summed E-state index contributed by atoms with van der Waals surface area (Å²) in [5, 5.41) is 7.47. The molecule has 1 amide bonds. The number of carbonyl (C=O) groups is 1. The van der Waals surface area contributed by atoms with E-state index in [9.17, 15) is 18.0 Å². The number of anilines is 1. The molecule has 1 fully saturated rings. The van der Waals surface area contributed by atoms with Gasteiger partial charge < -0.3 is 15.0 Å². The number of nitrogens with zero attached hydrogens (tertiary/aromatic N) is 4. The van der Waals surface area contributed by atoms with Gasteiger partial charge in [0.1, 0.15) is 17.1 Å². The maximum absolute atomic E-state index is 15.7. The minimum absolute atomic E-state index is 0.126. The molecule has 2 unspecified atom stereocenters. The smallest absolute Gasteiger partial charge is 0.416 e. The molecule has 188 valence electrons. The lowest BCUT2D eigenvalue weighted by molar-refractivity contribution is -0.137. The van der Waals surface area contributed by atoms with E-state index in [1.165, 1.54) is 21.7 Å². The van der Waals surface area contributed by atoms with E-state index >= 15 is 4.39 Å². The van der Waals surface area contributed by atoms with E-state index in [1.54, 1.807) is 45.9 Å². The molecular weight excluding hydrogens is 466 g/mol. The number of halogens is 4. The standard InChI is InChI=1S/C24H27F4N5O2/c1-15(23(25)10-11-32(14-23)21(34)35-22(2,3)4)30-19-8-9-20-29-13-18(33(20)31-19)16-6-5-7-17(12-16)24(26,27)28/h5-9,12-13,15H,10-11,14H2,1-4H3,(H,30,31). The van der Waals surface area contributed by atoms with Gasteiger partial charge in [0.15, 0.2) is 5.65 Å². The van der Waals surface area contributed by atoms with Crippen LogP contribution in [0, 0.1) is 0 Å². The highest BCUT2D eigenvalue weighted by molar-refractivity contribution is 5.69. The molecule has 2 aromatic heterocycles. The molecule has 3 aromatic rings. The Morgan fingerprint density at radius 1 is 1.20 bits per heavy atom. The summed E-state index contributed by atoms with van der Waals surface area (Å²) >= 11 is 0. The van der Waals surface area contributed by atoms with Gasteiger partial charge in [-0.2, -0.15) is 13.2 Å². The van der Waals surface area contributed by atoms with Gasteiger partial charge in [0.25, 0.3) is 0 Å². The van der Waals surface area contributed by atoms with Crippen molar-refractivity contribution < 1.29 is 27.1 Å². The Labute approximate surface area is 200 Å². The Kier molecular flexibility index (Phi) is 6.14. The van der Waals surface area contributed by atoms with Crippen LogP contribution in [0.5, 0.6) is 0 Å². The van der Waals surface area contributed by atoms with Gasteiger partial charge in [0.2, 0.25) is 0 Å². The molecule has 0 spiro atoms. The molecule has 0 saturated carbocycles. The number of hydrogen-bond acceptors (Lipinski definition) is 5. The van der Waals surface area contributed by atoms with Crippen molar-refractivity contribution in [3.63, 3.8) is 0 Å². The monoisotopic (exact) mass is 493 g/mol. The zero-order valence-electron chi connectivity index (χ0n) is 19.9. The average molecular weight is 494 g/mol. The lowest BCUT2D eigenvalue weighted by atomic mass is 9.97. The Morgan fingerprint density at radius 3 is 2.63 bits per heavy atom. The first-order chi connectivity index (χ1) is 16.2. The molecule has 1 aliphatic heterocycles. The molecule has 11 heteroatoms. The summed E-state index contributed by atoms with van der Waals surface area (Å²) in [6, 6.07) is 7.46. The first-order valence-electron chi connectivity index (χ1n) is 11.2. The SMILES string of the molecule is CC(Nc1ccc2ncc(-c3cccc(C(F)(F)F)c3)n2n1)C1(F)CCN(C(=O)OC(C)(C)C)C1. The predicted molar refractivity (Wildman–Crippen MR) is 123 cm³/mol. The average Bonchev–Trinajstić information content (AvgIpc) is 3.36. The zero-order chi connectivity index (χ0) is 25.6. The molecule has 0 aliphatic carbocycles. The van der Waals surface area contributed by atoms with E-state index in [1.807, 2.05) is 0 Å². The number of hydrogen-bond donors (Lipinski definition) is 1. The van der Waals surface area contributed by atoms with Crippen LogP contribution >= 0.6 is 0 Å². The Morgan fingerprint density at radius 2 is 1.94 bits per heavy atom. The van der Waals surface area contributed by atoms with Crippen LogP contribution in [0.1, 0.15) is 39.7 Å². The van der Waals surface area contributed by atoms with E-state index in [2.05, 4.69) is 15.4 Å². The first kappa shape index (κ1) is 24.7. The molecule has 2 atom stereocenters. The number of fused-ring (bicyclic) bond motifs is 1. The molecule has 1 aromatic carbocycles. The second-order valence-electron chi connectivity index (χ2n) is 9.76. The number of amides is 1. The topological polar surface area (TPSA) is 71.8 Å². The normalized spacial score (nSPS) is 19.7. The largest absolute Gasteiger partial charge is 0.444 e. The fourth-order valence-corrected chi connectivity index (χ4v) is 3.99. The van der Waals surface area contributed by atoms with Crippen molar-refractivity contribution in [1.29, 1.82) is 0 Å². The molecule has 1 aliphatic rings. The van der Waals surface area contributed by atoms with Crippen molar-refractivity contribution in [2.75, 3.05) is 18.4 Å². The summed E-state index contributed by atoms with van der Waals surface area (Å²) in [5.41, 5.74) is -2.06. The van der Waals surface area contributed by atoms with E-state index in [4.69, 9.17) is 4.74 Å². The molecule has 7 nitrogen and oxygen atoms in total. The van der Waals surface area contributed by atoms with Gasteiger partial charge in [0.05, 0.1) is 30.0 Å². The molecular formula is C24H27F4N5O2. The van der Waals surface area contributed by atoms with Gasteiger partial charge in [0, 0.05) is 18.5 Å². The van der Waals surface area contributed by atoms with E-state index < -0.39 is 35.1 Å². The number of benzene rings is 1. The minimum atomic E-state index is -4.48. The van der Waals surface area contributed by atoms with Crippen molar-refractivity contribution in [3.05, 3.63) is 48.2 Å². The van der Waals surface area contributed by atoms with Crippen molar-refractivity contribution in [2.24, 2.45) is 0 Å². The number of alkyl halides is 4. The summed E-state index contributed by atoms with van der Waals surface area (Å²) in [5.74, 6) is 0.323. The lowest BCUT2D eigenvalue weighted by Gasteiger charge is -2.29. The predicted octanol–water partition coefficient (Wildman–Crippen LogP) is 5.56. The second-order valence-corrected chi connectivity index (χ2v) is 9.76. The van der Waals surface area contributed by atoms with Crippen LogP contribution < -0.4 is 5.32 Å². The van der Waals surface area contributed by atoms with Crippen LogP contribution in [0.2, 0.25) is 0 Å². The van der Waals surface area contributed by atoms with E-state index in [0.29, 0.717) is 22.7 Å². The van der Waals surface area contributed by atoms with Crippen LogP contribution in [0.15, 0.2) is 42.6 Å². The molecule has 0 bridgehead atoms. The number of imidazole rings is 1. The summed E-state index contributed by atoms with van der Waals surface area (Å²) < 4.78 is 62.0. The van der Waals surface area contributed by atoms with Crippen molar-refractivity contribution in [1.82, 2.24) is 19.5 Å². The second kappa shape index (κ2) is 8.69. The van der Waals surface area contributed by atoms with Crippen LogP contribution in [0.25, 0.3) is 16.9 Å². The van der Waals surface area contributed by atoms with Crippen LogP contribution in [0.3, 0.4) is 0 Å². The van der Waals surface area contributed by atoms with Crippen molar-refractivity contribution in [2.45, 2.75) is 57.6 Å². The fraction of sp³-hybridized carbons (Fsp3) is 0.458. The van der Waals surface area contributed by atoms with Gasteiger partial charge in [-0.05, 0) is 52.0 Å². The molecule has 1 N–H and O–H groups in total. The van der Waals surface area contributed by atoms with Crippen molar-refractivity contribution >= 4 is 17.6 Å². The summed E-state index contributed by atoms with van der Waals surface area (Å²) in [6.45, 7) is 7.01. The van der Waals surface area contributed by atoms with Gasteiger partial charge in [-0.25, -0.2) is 18.7 Å². The lowest BCUT2D eigenvalue weighted by Crippen LogP contribution is -2.45. The van der Waals surface area contributed by atoms with E-state index in [-0.39, 0.29) is 19.5 Å². The highest BCUT2D eigenvalue weighted by Crippen LogP contribution is 2.33. The fourth-order valence-electron chi connectivity index (χ4n) is 3.99. The first-order valence-corrected chi connectivity index (χ1v) is 11.2. The molecule has 4 rings (SSSR count). The number of nitrogens with one attached hydrogen (secondary N) is 1. The summed E-state index contributed by atoms with van der Waals surface area (Å²) in [4.78, 5) is 17.9. The molecule has 3 heterocycles. The number of rotatable bonds is 4. The van der Waals surface area contributed by atoms with Gasteiger partial charge in [-0.3, -0.25) is 0 Å².